The number of H-pyrrole nitrogens is 1. The van der Waals surface area contributed by atoms with Gasteiger partial charge in [0.2, 0.25) is 0 Å². The van der Waals surface area contributed by atoms with Gasteiger partial charge < -0.3 is 24.4 Å². The Balaban J connectivity index is 1.55. The van der Waals surface area contributed by atoms with Gasteiger partial charge in [0, 0.05) is 24.2 Å². The lowest BCUT2D eigenvalue weighted by Gasteiger charge is -2.17. The van der Waals surface area contributed by atoms with Crippen LogP contribution in [0.2, 0.25) is 0 Å². The number of aliphatic hydroxyl groups excluding tert-OH is 2. The molecule has 3 rings (SSSR count). The summed E-state index contributed by atoms with van der Waals surface area (Å²) < 4.78 is 29.7. The van der Waals surface area contributed by atoms with E-state index in [-0.39, 0.29) is 17.5 Å². The second-order valence-corrected chi connectivity index (χ2v) is 7.18. The molecule has 0 saturated carbocycles. The number of benzene rings is 1. The molecule has 0 bridgehead atoms. The standard InChI is InChI=1S/C19H20FN3O10/c1-9-7-22(18(27)21-16(9)26)17-15(25)14(24)13(33-17)8-32-19(28)31-6-5-10-11(20)3-2-4-12(10)23(29)30/h2-4,7,13-15,17,24-25H,5-6,8H2,1H3,(H,21,26,27)/t13-,14?,15?,17-/m1/s1. The number of carbonyl (C=O) groups is 1. The van der Waals surface area contributed by atoms with Crippen LogP contribution in [0.25, 0.3) is 0 Å². The summed E-state index contributed by atoms with van der Waals surface area (Å²) in [6.45, 7) is 0.440. The zero-order chi connectivity index (χ0) is 24.3. The van der Waals surface area contributed by atoms with Crippen LogP contribution in [0.5, 0.6) is 0 Å². The number of carbonyl (C=O) groups excluding carboxylic acids is 1. The second kappa shape index (κ2) is 9.89. The smallest absolute Gasteiger partial charge is 0.434 e. The van der Waals surface area contributed by atoms with Gasteiger partial charge in [-0.3, -0.25) is 24.5 Å². The van der Waals surface area contributed by atoms with Crippen LogP contribution in [-0.2, 0) is 20.6 Å². The number of nitrogens with zero attached hydrogens (tertiary/aromatic N) is 2. The molecule has 14 heteroatoms. The third-order valence-electron chi connectivity index (χ3n) is 4.99. The SMILES string of the molecule is Cc1cn([C@@H]2O[C@H](COC(=O)OCCc3c(F)cccc3[N+](=O)[O-])C(O)C2O)c(=O)[nH]c1=O. The Morgan fingerprint density at radius 3 is 2.73 bits per heavy atom. The molecule has 178 valence electrons. The summed E-state index contributed by atoms with van der Waals surface area (Å²) in [5, 5.41) is 31.3. The third-order valence-corrected chi connectivity index (χ3v) is 4.99. The number of rotatable bonds is 7. The summed E-state index contributed by atoms with van der Waals surface area (Å²) in [5.74, 6) is -0.823. The van der Waals surface area contributed by atoms with Crippen LogP contribution in [0.1, 0.15) is 17.4 Å². The van der Waals surface area contributed by atoms with Crippen molar-refractivity contribution in [1.29, 1.82) is 0 Å². The molecular formula is C19H20FN3O10. The summed E-state index contributed by atoms with van der Waals surface area (Å²) in [6.07, 6.45) is -6.04. The minimum atomic E-state index is -1.57. The van der Waals surface area contributed by atoms with Gasteiger partial charge in [-0.05, 0) is 13.0 Å². The number of aliphatic hydroxyl groups is 2. The number of hydrogen-bond acceptors (Lipinski definition) is 10. The summed E-state index contributed by atoms with van der Waals surface area (Å²) >= 11 is 0. The van der Waals surface area contributed by atoms with Gasteiger partial charge in [-0.25, -0.2) is 14.0 Å². The van der Waals surface area contributed by atoms with E-state index in [1.807, 2.05) is 4.98 Å². The van der Waals surface area contributed by atoms with E-state index in [2.05, 4.69) is 0 Å². The van der Waals surface area contributed by atoms with Gasteiger partial charge in [0.15, 0.2) is 6.23 Å². The van der Waals surface area contributed by atoms with Crippen molar-refractivity contribution in [2.24, 2.45) is 0 Å². The van der Waals surface area contributed by atoms with Gasteiger partial charge >= 0.3 is 11.8 Å². The summed E-state index contributed by atoms with van der Waals surface area (Å²) in [7, 11) is 0. The summed E-state index contributed by atoms with van der Waals surface area (Å²) in [5.41, 5.74) is -2.02. The van der Waals surface area contributed by atoms with Crippen LogP contribution in [-0.4, -0.2) is 62.4 Å². The minimum Gasteiger partial charge on any atom is -0.434 e. The topological polar surface area (TPSA) is 183 Å². The highest BCUT2D eigenvalue weighted by atomic mass is 19.1. The number of aryl methyl sites for hydroxylation is 1. The van der Waals surface area contributed by atoms with Crippen molar-refractivity contribution in [3.05, 3.63) is 72.3 Å². The average Bonchev–Trinajstić information content (AvgIpc) is 3.04. The monoisotopic (exact) mass is 469 g/mol. The predicted molar refractivity (Wildman–Crippen MR) is 106 cm³/mol. The lowest BCUT2D eigenvalue weighted by atomic mass is 10.1. The molecule has 13 nitrogen and oxygen atoms in total. The lowest BCUT2D eigenvalue weighted by Crippen LogP contribution is -2.38. The highest BCUT2D eigenvalue weighted by Crippen LogP contribution is 2.28. The van der Waals surface area contributed by atoms with E-state index in [1.54, 1.807) is 0 Å². The van der Waals surface area contributed by atoms with Crippen LogP contribution in [0, 0.1) is 22.9 Å². The molecule has 1 aliphatic rings. The van der Waals surface area contributed by atoms with Crippen molar-refractivity contribution in [1.82, 2.24) is 9.55 Å². The second-order valence-electron chi connectivity index (χ2n) is 7.18. The molecule has 1 saturated heterocycles. The highest BCUT2D eigenvalue weighted by molar-refractivity contribution is 5.59. The molecule has 0 aliphatic carbocycles. The first-order chi connectivity index (χ1) is 15.6. The van der Waals surface area contributed by atoms with Gasteiger partial charge in [0.25, 0.3) is 11.2 Å². The van der Waals surface area contributed by atoms with E-state index in [0.717, 1.165) is 22.9 Å². The fourth-order valence-electron chi connectivity index (χ4n) is 3.27. The fourth-order valence-corrected chi connectivity index (χ4v) is 3.27. The summed E-state index contributed by atoms with van der Waals surface area (Å²) in [6, 6.07) is 3.34. The Hall–Kier alpha value is -3.62. The fraction of sp³-hybridized carbons (Fsp3) is 0.421. The third kappa shape index (κ3) is 5.24. The summed E-state index contributed by atoms with van der Waals surface area (Å²) in [4.78, 5) is 47.5. The van der Waals surface area contributed by atoms with Crippen molar-refractivity contribution in [2.75, 3.05) is 13.2 Å². The van der Waals surface area contributed by atoms with Crippen molar-refractivity contribution in [3.63, 3.8) is 0 Å². The van der Waals surface area contributed by atoms with Crippen LogP contribution in [0.3, 0.4) is 0 Å². The largest absolute Gasteiger partial charge is 0.508 e. The minimum absolute atomic E-state index is 0.165. The van der Waals surface area contributed by atoms with E-state index in [0.29, 0.717) is 0 Å². The molecule has 1 aromatic heterocycles. The predicted octanol–water partition coefficient (Wildman–Crippen LogP) is -0.0926. The van der Waals surface area contributed by atoms with E-state index in [9.17, 15) is 39.1 Å². The van der Waals surface area contributed by atoms with Gasteiger partial charge in [-0.2, -0.15) is 0 Å². The Bertz CT molecular complexity index is 1160. The zero-order valence-electron chi connectivity index (χ0n) is 17.2. The molecule has 4 atom stereocenters. The number of nitro groups is 1. The van der Waals surface area contributed by atoms with Crippen LogP contribution in [0.15, 0.2) is 34.0 Å². The molecule has 0 radical (unpaired) electrons. The highest BCUT2D eigenvalue weighted by Gasteiger charge is 2.44. The maximum absolute atomic E-state index is 13.8. The van der Waals surface area contributed by atoms with Gasteiger partial charge in [-0.1, -0.05) is 6.07 Å². The van der Waals surface area contributed by atoms with Gasteiger partial charge in [0.05, 0.1) is 17.1 Å². The molecule has 2 heterocycles. The zero-order valence-corrected chi connectivity index (χ0v) is 17.2. The van der Waals surface area contributed by atoms with Crippen molar-refractivity contribution in [2.45, 2.75) is 37.9 Å². The number of aromatic amines is 1. The number of nitro benzene ring substituents is 1. The van der Waals surface area contributed by atoms with E-state index < -0.39 is 71.6 Å². The van der Waals surface area contributed by atoms with E-state index in [4.69, 9.17) is 14.2 Å². The van der Waals surface area contributed by atoms with Crippen molar-refractivity contribution < 1.29 is 38.5 Å². The molecule has 2 unspecified atom stereocenters. The normalized spacial score (nSPS) is 22.2. The molecule has 3 N–H and O–H groups in total. The first-order valence-corrected chi connectivity index (χ1v) is 9.65. The molecule has 2 aromatic rings. The number of hydrogen-bond donors (Lipinski definition) is 3. The van der Waals surface area contributed by atoms with E-state index in [1.165, 1.54) is 13.0 Å². The molecule has 0 amide bonds. The van der Waals surface area contributed by atoms with Crippen molar-refractivity contribution in [3.8, 4) is 0 Å². The Morgan fingerprint density at radius 2 is 2.03 bits per heavy atom. The lowest BCUT2D eigenvalue weighted by molar-refractivity contribution is -0.385. The van der Waals surface area contributed by atoms with Crippen LogP contribution >= 0.6 is 0 Å². The Kier molecular flexibility index (Phi) is 7.20. The molecule has 1 fully saturated rings. The number of nitrogens with one attached hydrogen (secondary N) is 1. The molecule has 1 aliphatic heterocycles. The maximum Gasteiger partial charge on any atom is 0.508 e. The molecule has 1 aromatic carbocycles. The van der Waals surface area contributed by atoms with E-state index >= 15 is 0 Å². The quantitative estimate of drug-likeness (QED) is 0.281. The molecule has 0 spiro atoms. The first-order valence-electron chi connectivity index (χ1n) is 9.65. The Labute approximate surface area is 184 Å². The average molecular weight is 469 g/mol. The molecule has 33 heavy (non-hydrogen) atoms. The number of halogens is 1. The van der Waals surface area contributed by atoms with Gasteiger partial charge in [0.1, 0.15) is 30.7 Å². The maximum atomic E-state index is 13.8. The Morgan fingerprint density at radius 1 is 1.30 bits per heavy atom. The van der Waals surface area contributed by atoms with Crippen molar-refractivity contribution >= 4 is 11.8 Å². The molecular weight excluding hydrogens is 449 g/mol. The first kappa shape index (κ1) is 24.0. The number of aromatic nitrogens is 2. The number of ether oxygens (including phenoxy) is 3. The van der Waals surface area contributed by atoms with Crippen LogP contribution in [0.4, 0.5) is 14.9 Å². The van der Waals surface area contributed by atoms with Gasteiger partial charge in [-0.15, -0.1) is 0 Å². The van der Waals surface area contributed by atoms with Crippen LogP contribution < -0.4 is 11.2 Å².